The highest BCUT2D eigenvalue weighted by molar-refractivity contribution is 5.94. The maximum Gasteiger partial charge on any atom is 0.253 e. The van der Waals surface area contributed by atoms with Crippen LogP contribution in [0.3, 0.4) is 0 Å². The zero-order valence-electron chi connectivity index (χ0n) is 19.2. The quantitative estimate of drug-likeness (QED) is 0.369. The van der Waals surface area contributed by atoms with E-state index in [0.717, 1.165) is 24.0 Å². The molecule has 0 N–H and O–H groups in total. The zero-order valence-corrected chi connectivity index (χ0v) is 19.2. The minimum Gasteiger partial charge on any atom is -0.445 e. The van der Waals surface area contributed by atoms with Gasteiger partial charge in [-0.15, -0.1) is 0 Å². The van der Waals surface area contributed by atoms with E-state index in [9.17, 15) is 13.6 Å². The molecule has 1 amide bonds. The molecular formula is C28H25F2N3O2. The van der Waals surface area contributed by atoms with Crippen molar-refractivity contribution >= 4 is 5.91 Å². The summed E-state index contributed by atoms with van der Waals surface area (Å²) in [6, 6.07) is 16.2. The highest BCUT2D eigenvalue weighted by Gasteiger charge is 2.28. The van der Waals surface area contributed by atoms with E-state index >= 15 is 0 Å². The SMILES string of the molecule is O=C(c1ccnc(Cc2cccc(F)c2)c1)N1CCCC(c2ncc(Cc3ccc(F)cc3)o2)C1. The summed E-state index contributed by atoms with van der Waals surface area (Å²) in [6.45, 7) is 1.19. The van der Waals surface area contributed by atoms with Crippen LogP contribution in [0.25, 0.3) is 0 Å². The van der Waals surface area contributed by atoms with Gasteiger partial charge in [-0.25, -0.2) is 13.8 Å². The summed E-state index contributed by atoms with van der Waals surface area (Å²) >= 11 is 0. The van der Waals surface area contributed by atoms with Gasteiger partial charge in [0, 0.05) is 43.4 Å². The number of pyridine rings is 1. The van der Waals surface area contributed by atoms with Crippen molar-refractivity contribution in [2.24, 2.45) is 0 Å². The zero-order chi connectivity index (χ0) is 24.2. The molecule has 0 spiro atoms. The first kappa shape index (κ1) is 22.9. The molecule has 0 saturated carbocycles. The molecule has 35 heavy (non-hydrogen) atoms. The second-order valence-electron chi connectivity index (χ2n) is 8.90. The van der Waals surface area contributed by atoms with Crippen LogP contribution in [0.2, 0.25) is 0 Å². The Morgan fingerprint density at radius 1 is 0.971 bits per heavy atom. The molecule has 5 nitrogen and oxygen atoms in total. The van der Waals surface area contributed by atoms with Crippen molar-refractivity contribution in [1.82, 2.24) is 14.9 Å². The lowest BCUT2D eigenvalue weighted by Gasteiger charge is -2.31. The van der Waals surface area contributed by atoms with E-state index in [-0.39, 0.29) is 23.5 Å². The molecule has 1 atom stereocenters. The van der Waals surface area contributed by atoms with Crippen molar-refractivity contribution in [2.45, 2.75) is 31.6 Å². The summed E-state index contributed by atoms with van der Waals surface area (Å²) in [4.78, 5) is 23.9. The van der Waals surface area contributed by atoms with Crippen molar-refractivity contribution in [3.05, 3.63) is 119 Å². The number of halogens is 2. The van der Waals surface area contributed by atoms with Crippen LogP contribution in [0.15, 0.2) is 77.5 Å². The van der Waals surface area contributed by atoms with Gasteiger partial charge in [0.1, 0.15) is 17.4 Å². The Morgan fingerprint density at radius 2 is 1.83 bits per heavy atom. The molecule has 2 aromatic heterocycles. The first-order chi connectivity index (χ1) is 17.0. The number of hydrogen-bond acceptors (Lipinski definition) is 4. The fraction of sp³-hybridized carbons (Fsp3) is 0.250. The van der Waals surface area contributed by atoms with Crippen molar-refractivity contribution in [3.8, 4) is 0 Å². The molecule has 0 aliphatic carbocycles. The molecule has 5 rings (SSSR count). The number of aromatic nitrogens is 2. The van der Waals surface area contributed by atoms with E-state index < -0.39 is 0 Å². The molecule has 1 aliphatic heterocycles. The average molecular weight is 474 g/mol. The monoisotopic (exact) mass is 473 g/mol. The van der Waals surface area contributed by atoms with E-state index in [2.05, 4.69) is 9.97 Å². The summed E-state index contributed by atoms with van der Waals surface area (Å²) in [5, 5.41) is 0. The number of hydrogen-bond donors (Lipinski definition) is 0. The first-order valence-corrected chi connectivity index (χ1v) is 11.7. The predicted octanol–water partition coefficient (Wildman–Crippen LogP) is 5.55. The molecule has 7 heteroatoms. The van der Waals surface area contributed by atoms with Crippen LogP contribution < -0.4 is 0 Å². The van der Waals surface area contributed by atoms with Gasteiger partial charge in [-0.2, -0.15) is 0 Å². The van der Waals surface area contributed by atoms with Crippen LogP contribution in [0.4, 0.5) is 8.78 Å². The topological polar surface area (TPSA) is 59.2 Å². The highest BCUT2D eigenvalue weighted by atomic mass is 19.1. The third-order valence-corrected chi connectivity index (χ3v) is 6.26. The van der Waals surface area contributed by atoms with Gasteiger partial charge in [-0.05, 0) is 60.4 Å². The van der Waals surface area contributed by atoms with E-state index in [1.165, 1.54) is 24.3 Å². The Kier molecular flexibility index (Phi) is 6.66. The Morgan fingerprint density at radius 3 is 2.66 bits per heavy atom. The minimum atomic E-state index is -0.290. The molecule has 178 valence electrons. The fourth-order valence-electron chi connectivity index (χ4n) is 4.51. The van der Waals surface area contributed by atoms with E-state index in [1.54, 1.807) is 42.7 Å². The molecule has 0 radical (unpaired) electrons. The fourth-order valence-corrected chi connectivity index (χ4v) is 4.51. The number of carbonyl (C=O) groups is 1. The van der Waals surface area contributed by atoms with E-state index in [4.69, 9.17) is 4.42 Å². The molecule has 1 fully saturated rings. The number of nitrogens with zero attached hydrogens (tertiary/aromatic N) is 3. The lowest BCUT2D eigenvalue weighted by atomic mass is 9.97. The minimum absolute atomic E-state index is 0.0169. The van der Waals surface area contributed by atoms with E-state index in [0.29, 0.717) is 48.8 Å². The van der Waals surface area contributed by atoms with Crippen LogP contribution in [0, 0.1) is 11.6 Å². The molecular weight excluding hydrogens is 448 g/mol. The normalized spacial score (nSPS) is 15.8. The van der Waals surface area contributed by atoms with Gasteiger partial charge in [0.2, 0.25) is 0 Å². The van der Waals surface area contributed by atoms with Crippen molar-refractivity contribution in [1.29, 1.82) is 0 Å². The van der Waals surface area contributed by atoms with Gasteiger partial charge in [0.15, 0.2) is 5.89 Å². The summed E-state index contributed by atoms with van der Waals surface area (Å²) in [6.07, 6.45) is 6.07. The summed E-state index contributed by atoms with van der Waals surface area (Å²) < 4.78 is 32.7. The number of rotatable bonds is 6. The molecule has 1 saturated heterocycles. The summed E-state index contributed by atoms with van der Waals surface area (Å²) in [5.41, 5.74) is 3.03. The number of benzene rings is 2. The third kappa shape index (κ3) is 5.62. The van der Waals surface area contributed by atoms with Crippen LogP contribution in [-0.2, 0) is 12.8 Å². The van der Waals surface area contributed by atoms with Crippen molar-refractivity contribution < 1.29 is 18.0 Å². The largest absolute Gasteiger partial charge is 0.445 e. The smallest absolute Gasteiger partial charge is 0.253 e. The van der Waals surface area contributed by atoms with Crippen molar-refractivity contribution in [2.75, 3.05) is 13.1 Å². The van der Waals surface area contributed by atoms with Gasteiger partial charge in [-0.1, -0.05) is 24.3 Å². The van der Waals surface area contributed by atoms with Crippen LogP contribution >= 0.6 is 0 Å². The van der Waals surface area contributed by atoms with Crippen molar-refractivity contribution in [3.63, 3.8) is 0 Å². The Balaban J connectivity index is 1.25. The molecule has 1 aliphatic rings. The van der Waals surface area contributed by atoms with Gasteiger partial charge in [0.05, 0.1) is 12.1 Å². The van der Waals surface area contributed by atoms with Gasteiger partial charge in [0.25, 0.3) is 5.91 Å². The van der Waals surface area contributed by atoms with Gasteiger partial charge >= 0.3 is 0 Å². The Bertz CT molecular complexity index is 1320. The van der Waals surface area contributed by atoms with Gasteiger partial charge < -0.3 is 9.32 Å². The highest BCUT2D eigenvalue weighted by Crippen LogP contribution is 2.28. The average Bonchev–Trinajstić information content (AvgIpc) is 3.34. The molecule has 2 aromatic carbocycles. The lowest BCUT2D eigenvalue weighted by molar-refractivity contribution is 0.0697. The predicted molar refractivity (Wildman–Crippen MR) is 127 cm³/mol. The second-order valence-corrected chi connectivity index (χ2v) is 8.90. The number of amides is 1. The number of carbonyl (C=O) groups excluding carboxylic acids is 1. The lowest BCUT2D eigenvalue weighted by Crippen LogP contribution is -2.39. The van der Waals surface area contributed by atoms with E-state index in [1.807, 2.05) is 11.0 Å². The third-order valence-electron chi connectivity index (χ3n) is 6.26. The van der Waals surface area contributed by atoms with Crippen LogP contribution in [0.5, 0.6) is 0 Å². The van der Waals surface area contributed by atoms with Crippen LogP contribution in [-0.4, -0.2) is 33.9 Å². The molecule has 3 heterocycles. The standard InChI is InChI=1S/C28H25F2N3O2/c29-23-8-6-19(7-9-23)15-26-17-32-27(35-26)22-4-2-12-33(18-22)28(34)21-10-11-31-25(16-21)14-20-3-1-5-24(30)13-20/h1,3,5-11,13,16-17,22H,2,4,12,14-15,18H2. The summed E-state index contributed by atoms with van der Waals surface area (Å²) in [7, 11) is 0. The first-order valence-electron chi connectivity index (χ1n) is 11.7. The second kappa shape index (κ2) is 10.2. The number of piperidine rings is 1. The molecule has 0 bridgehead atoms. The maximum atomic E-state index is 13.5. The van der Waals surface area contributed by atoms with Crippen LogP contribution in [0.1, 0.15) is 57.6 Å². The van der Waals surface area contributed by atoms with Gasteiger partial charge in [-0.3, -0.25) is 9.78 Å². The Labute approximate surface area is 202 Å². The number of oxazole rings is 1. The summed E-state index contributed by atoms with van der Waals surface area (Å²) in [5.74, 6) is 0.738. The molecule has 1 unspecified atom stereocenters. The molecule has 4 aromatic rings. The maximum absolute atomic E-state index is 13.5. The Hall–Kier alpha value is -3.87. The number of likely N-dealkylation sites (tertiary alicyclic amines) is 1.